The van der Waals surface area contributed by atoms with Gasteiger partial charge in [0.15, 0.2) is 4.80 Å². The van der Waals surface area contributed by atoms with Crippen molar-refractivity contribution in [1.82, 2.24) is 4.57 Å². The van der Waals surface area contributed by atoms with Gasteiger partial charge in [0.2, 0.25) is 10.0 Å². The minimum atomic E-state index is -3.74. The second kappa shape index (κ2) is 6.35. The number of benzene rings is 2. The first-order valence-corrected chi connectivity index (χ1v) is 9.66. The summed E-state index contributed by atoms with van der Waals surface area (Å²) in [6.07, 6.45) is 0. The summed E-state index contributed by atoms with van der Waals surface area (Å²) < 4.78 is 25.3. The van der Waals surface area contributed by atoms with Gasteiger partial charge in [0, 0.05) is 18.0 Å². The Bertz CT molecular complexity index is 1050. The normalized spacial score (nSPS) is 12.5. The summed E-state index contributed by atoms with van der Waals surface area (Å²) in [6, 6.07) is 14.8. The number of para-hydroxylation sites is 1. The number of hydrogen-bond acceptors (Lipinski definition) is 4. The number of rotatable bonds is 3. The quantitative estimate of drug-likeness (QED) is 0.780. The van der Waals surface area contributed by atoms with E-state index in [0.717, 1.165) is 27.3 Å². The topological polar surface area (TPSA) is 77.5 Å². The van der Waals surface area contributed by atoms with E-state index in [1.807, 2.05) is 60.3 Å². The van der Waals surface area contributed by atoms with Crippen LogP contribution >= 0.6 is 11.3 Å². The predicted molar refractivity (Wildman–Crippen MR) is 96.5 cm³/mol. The molecule has 3 rings (SSSR count). The van der Waals surface area contributed by atoms with E-state index < -0.39 is 10.0 Å². The third-order valence-corrected chi connectivity index (χ3v) is 5.39. The molecule has 3 aromatic rings. The minimum absolute atomic E-state index is 0.116. The van der Waals surface area contributed by atoms with Gasteiger partial charge in [-0.2, -0.15) is 0 Å². The Morgan fingerprint density at radius 3 is 2.50 bits per heavy atom. The zero-order valence-corrected chi connectivity index (χ0v) is 14.9. The molecule has 0 aliphatic rings. The summed E-state index contributed by atoms with van der Waals surface area (Å²) in [6.45, 7) is 1.85. The molecule has 1 heterocycles. The minimum Gasteiger partial charge on any atom is -0.320 e. The lowest BCUT2D eigenvalue weighted by molar-refractivity contribution is 0.597. The largest absolute Gasteiger partial charge is 0.320 e. The van der Waals surface area contributed by atoms with Crippen LogP contribution in [0.25, 0.3) is 11.3 Å². The highest BCUT2D eigenvalue weighted by Gasteiger charge is 2.12. The summed E-state index contributed by atoms with van der Waals surface area (Å²) >= 11 is 1.50. The molecule has 0 aliphatic carbocycles. The van der Waals surface area contributed by atoms with E-state index in [1.54, 1.807) is 12.1 Å². The van der Waals surface area contributed by atoms with Crippen LogP contribution < -0.4 is 9.94 Å². The second-order valence-corrected chi connectivity index (χ2v) is 7.89. The maximum Gasteiger partial charge on any atom is 0.238 e. The Balaban J connectivity index is 2.13. The zero-order valence-electron chi connectivity index (χ0n) is 13.3. The highest BCUT2D eigenvalue weighted by molar-refractivity contribution is 7.89. The highest BCUT2D eigenvalue weighted by atomic mass is 32.2. The first-order valence-electron chi connectivity index (χ1n) is 7.24. The number of nitrogens with two attached hydrogens (primary N) is 1. The maximum atomic E-state index is 11.7. The number of thiazole rings is 1. The van der Waals surface area contributed by atoms with Crippen LogP contribution in [-0.2, 0) is 17.1 Å². The lowest BCUT2D eigenvalue weighted by Gasteiger charge is -2.07. The Kier molecular flexibility index (Phi) is 4.40. The van der Waals surface area contributed by atoms with E-state index in [9.17, 15) is 8.42 Å². The summed E-state index contributed by atoms with van der Waals surface area (Å²) in [5.41, 5.74) is 3.40. The van der Waals surface area contributed by atoms with Crippen LogP contribution in [0, 0.1) is 6.92 Å². The van der Waals surface area contributed by atoms with Gasteiger partial charge in [-0.05, 0) is 42.8 Å². The molecule has 0 aliphatic heterocycles. The van der Waals surface area contributed by atoms with Crippen molar-refractivity contribution < 1.29 is 8.42 Å². The van der Waals surface area contributed by atoms with Crippen LogP contribution in [-0.4, -0.2) is 13.0 Å². The molecule has 1 aromatic heterocycles. The number of nitrogens with zero attached hydrogens (tertiary/aromatic N) is 2. The van der Waals surface area contributed by atoms with Crippen LogP contribution in [0.3, 0.4) is 0 Å². The van der Waals surface area contributed by atoms with Crippen LogP contribution in [0.2, 0.25) is 0 Å². The number of primary sulfonamides is 1. The third kappa shape index (κ3) is 3.48. The number of sulfonamides is 1. The van der Waals surface area contributed by atoms with Gasteiger partial charge >= 0.3 is 0 Å². The zero-order chi connectivity index (χ0) is 17.3. The first-order chi connectivity index (χ1) is 11.3. The molecule has 0 atom stereocenters. The van der Waals surface area contributed by atoms with Crippen molar-refractivity contribution in [1.29, 1.82) is 0 Å². The molecule has 0 saturated carbocycles. The number of aryl methyl sites for hydroxylation is 1. The van der Waals surface area contributed by atoms with Crippen LogP contribution in [0.5, 0.6) is 0 Å². The van der Waals surface area contributed by atoms with E-state index in [1.165, 1.54) is 11.3 Å². The average molecular weight is 359 g/mol. The molecule has 7 heteroatoms. The molecule has 2 N–H and O–H groups in total. The molecule has 0 amide bonds. The Morgan fingerprint density at radius 2 is 1.83 bits per heavy atom. The third-order valence-electron chi connectivity index (χ3n) is 3.58. The van der Waals surface area contributed by atoms with Crippen molar-refractivity contribution in [2.45, 2.75) is 11.8 Å². The lowest BCUT2D eigenvalue weighted by Crippen LogP contribution is -2.13. The average Bonchev–Trinajstić information content (AvgIpc) is 2.88. The Hall–Kier alpha value is -2.22. The smallest absolute Gasteiger partial charge is 0.238 e. The van der Waals surface area contributed by atoms with Crippen LogP contribution in [0.4, 0.5) is 5.69 Å². The molecule has 24 heavy (non-hydrogen) atoms. The first kappa shape index (κ1) is 16.6. The molecular formula is C17H17N3O2S2. The summed E-state index contributed by atoms with van der Waals surface area (Å²) in [7, 11) is -1.83. The number of aromatic nitrogens is 1. The van der Waals surface area contributed by atoms with Gasteiger partial charge in [0.05, 0.1) is 16.3 Å². The van der Waals surface area contributed by atoms with Crippen molar-refractivity contribution in [2.24, 2.45) is 17.2 Å². The number of hydrogen-bond donors (Lipinski definition) is 1. The van der Waals surface area contributed by atoms with Crippen molar-refractivity contribution in [3.63, 3.8) is 0 Å². The molecule has 2 aromatic carbocycles. The molecular weight excluding hydrogens is 342 g/mol. The van der Waals surface area contributed by atoms with E-state index in [4.69, 9.17) is 5.14 Å². The molecule has 5 nitrogen and oxygen atoms in total. The van der Waals surface area contributed by atoms with Crippen LogP contribution in [0.15, 0.2) is 63.8 Å². The van der Waals surface area contributed by atoms with Gasteiger partial charge in [-0.15, -0.1) is 11.3 Å². The summed E-state index contributed by atoms with van der Waals surface area (Å²) in [5, 5.41) is 7.23. The lowest BCUT2D eigenvalue weighted by atomic mass is 10.1. The van der Waals surface area contributed by atoms with Crippen LogP contribution in [0.1, 0.15) is 5.56 Å². The monoisotopic (exact) mass is 359 g/mol. The molecule has 0 saturated heterocycles. The molecule has 0 fully saturated rings. The van der Waals surface area contributed by atoms with E-state index in [0.29, 0.717) is 0 Å². The van der Waals surface area contributed by atoms with E-state index >= 15 is 0 Å². The molecule has 0 radical (unpaired) electrons. The summed E-state index contributed by atoms with van der Waals surface area (Å²) in [5.74, 6) is 0. The van der Waals surface area contributed by atoms with Gasteiger partial charge in [-0.1, -0.05) is 18.2 Å². The highest BCUT2D eigenvalue weighted by Crippen LogP contribution is 2.24. The maximum absolute atomic E-state index is 11.7. The van der Waals surface area contributed by atoms with Crippen molar-refractivity contribution in [3.05, 3.63) is 64.3 Å². The van der Waals surface area contributed by atoms with Crippen molar-refractivity contribution in [3.8, 4) is 11.3 Å². The molecule has 0 spiro atoms. The second-order valence-electron chi connectivity index (χ2n) is 5.49. The standard InChI is InChI=1S/C17H17N3O2S2/c1-12-8-13(10-15(9-12)24(18,21)22)16-11-23-17(20(16)2)19-14-6-4-3-5-7-14/h3-11H,1-2H3,(H2,18,21,22)/b19-17+. The molecule has 0 bridgehead atoms. The SMILES string of the molecule is Cc1cc(-c2cs/c(=N/c3ccccc3)n2C)cc(S(N)(=O)=O)c1. The fourth-order valence-corrected chi connectivity index (χ4v) is 3.97. The van der Waals surface area contributed by atoms with E-state index in [2.05, 4.69) is 4.99 Å². The van der Waals surface area contributed by atoms with Crippen molar-refractivity contribution in [2.75, 3.05) is 0 Å². The molecule has 0 unspecified atom stereocenters. The Labute approximate surface area is 144 Å². The fourth-order valence-electron chi connectivity index (χ4n) is 2.41. The summed E-state index contributed by atoms with van der Waals surface area (Å²) in [4.78, 5) is 5.56. The van der Waals surface area contributed by atoms with Gasteiger partial charge < -0.3 is 4.57 Å². The molecule has 124 valence electrons. The van der Waals surface area contributed by atoms with Gasteiger partial charge in [0.1, 0.15) is 0 Å². The van der Waals surface area contributed by atoms with Crippen molar-refractivity contribution >= 4 is 27.0 Å². The van der Waals surface area contributed by atoms with Gasteiger partial charge in [0.25, 0.3) is 0 Å². The Morgan fingerprint density at radius 1 is 1.12 bits per heavy atom. The predicted octanol–water partition coefficient (Wildman–Crippen LogP) is 2.94. The van der Waals surface area contributed by atoms with E-state index in [-0.39, 0.29) is 4.90 Å². The van der Waals surface area contributed by atoms with Gasteiger partial charge in [-0.25, -0.2) is 18.5 Å². The fraction of sp³-hybridized carbons (Fsp3) is 0.118. The van der Waals surface area contributed by atoms with Gasteiger partial charge in [-0.3, -0.25) is 0 Å².